The maximum Gasteiger partial charge on any atom is 0.282 e. The molecule has 4 nitrogen and oxygen atoms in total. The first-order chi connectivity index (χ1) is 9.50. The van der Waals surface area contributed by atoms with E-state index in [0.29, 0.717) is 3.57 Å². The molecule has 0 fully saturated rings. The van der Waals surface area contributed by atoms with Crippen molar-refractivity contribution in [3.63, 3.8) is 0 Å². The minimum Gasteiger partial charge on any atom is -0.385 e. The predicted molar refractivity (Wildman–Crippen MR) is 92.2 cm³/mol. The van der Waals surface area contributed by atoms with Crippen molar-refractivity contribution in [2.75, 3.05) is 11.9 Å². The normalized spacial score (nSPS) is 10.8. The number of nitro benzene ring substituents is 1. The molecule has 20 heavy (non-hydrogen) atoms. The molecule has 1 N–H and O–H groups in total. The minimum atomic E-state index is -0.347. The van der Waals surface area contributed by atoms with Crippen LogP contribution in [0.15, 0.2) is 18.2 Å². The number of nitro groups is 1. The molecule has 0 saturated heterocycles. The van der Waals surface area contributed by atoms with Gasteiger partial charge in [-0.3, -0.25) is 10.1 Å². The Kier molecular flexibility index (Phi) is 7.87. The Hall–Kier alpha value is -0.850. The number of nitrogens with zero attached hydrogens (tertiary/aromatic N) is 1. The molecule has 1 aromatic carbocycles. The molecule has 0 aliphatic carbocycles. The van der Waals surface area contributed by atoms with Crippen molar-refractivity contribution in [1.82, 2.24) is 0 Å². The quantitative estimate of drug-likeness (QED) is 0.272. The Labute approximate surface area is 134 Å². The summed E-state index contributed by atoms with van der Waals surface area (Å²) in [6, 6.07) is 5.17. The smallest absolute Gasteiger partial charge is 0.282 e. The molecule has 1 rings (SSSR count). The van der Waals surface area contributed by atoms with E-state index in [1.165, 1.54) is 25.7 Å². The number of benzene rings is 1. The largest absolute Gasteiger partial charge is 0.385 e. The summed E-state index contributed by atoms with van der Waals surface area (Å²) >= 11 is 2.00. The van der Waals surface area contributed by atoms with Gasteiger partial charge < -0.3 is 5.32 Å². The Morgan fingerprint density at radius 3 is 2.55 bits per heavy atom. The van der Waals surface area contributed by atoms with Gasteiger partial charge in [0.2, 0.25) is 0 Å². The third kappa shape index (κ3) is 6.54. The van der Waals surface area contributed by atoms with E-state index in [0.717, 1.165) is 24.6 Å². The monoisotopic (exact) mass is 390 g/mol. The molecule has 0 aromatic heterocycles. The van der Waals surface area contributed by atoms with E-state index in [4.69, 9.17) is 0 Å². The second-order valence-electron chi connectivity index (χ2n) is 5.45. The zero-order chi connectivity index (χ0) is 15.0. The lowest BCUT2D eigenvalue weighted by atomic mass is 10.0. The number of unbranched alkanes of at least 4 members (excludes halogenated alkanes) is 3. The standard InChI is InChI=1S/C15H23IN2O2/c1-12(2)7-5-3-4-6-10-17-13-8-9-15(18(19)20)14(16)11-13/h8-9,11-12,17H,3-7,10H2,1-2H3. The Morgan fingerprint density at radius 2 is 1.95 bits per heavy atom. The highest BCUT2D eigenvalue weighted by molar-refractivity contribution is 14.1. The molecule has 1 aromatic rings. The zero-order valence-electron chi connectivity index (χ0n) is 12.2. The van der Waals surface area contributed by atoms with Gasteiger partial charge >= 0.3 is 0 Å². The number of hydrogen-bond acceptors (Lipinski definition) is 3. The maximum atomic E-state index is 10.7. The van der Waals surface area contributed by atoms with Crippen molar-refractivity contribution in [3.8, 4) is 0 Å². The van der Waals surface area contributed by atoms with E-state index in [9.17, 15) is 10.1 Å². The molecule has 0 heterocycles. The van der Waals surface area contributed by atoms with Crippen LogP contribution in [0.1, 0.15) is 46.0 Å². The van der Waals surface area contributed by atoms with Gasteiger partial charge in [0.15, 0.2) is 0 Å². The van der Waals surface area contributed by atoms with Gasteiger partial charge in [0, 0.05) is 18.3 Å². The number of rotatable bonds is 9. The molecule has 0 aliphatic heterocycles. The first-order valence-corrected chi connectivity index (χ1v) is 8.26. The molecule has 0 unspecified atom stereocenters. The van der Waals surface area contributed by atoms with E-state index in [-0.39, 0.29) is 10.6 Å². The summed E-state index contributed by atoms with van der Waals surface area (Å²) in [7, 11) is 0. The fourth-order valence-corrected chi connectivity index (χ4v) is 2.74. The maximum absolute atomic E-state index is 10.7. The molecule has 0 spiro atoms. The fraction of sp³-hybridized carbons (Fsp3) is 0.600. The van der Waals surface area contributed by atoms with Gasteiger partial charge in [-0.05, 0) is 47.1 Å². The second-order valence-corrected chi connectivity index (χ2v) is 6.61. The van der Waals surface area contributed by atoms with Crippen LogP contribution in [0.3, 0.4) is 0 Å². The average molecular weight is 390 g/mol. The summed E-state index contributed by atoms with van der Waals surface area (Å²) in [5, 5.41) is 14.0. The Bertz CT molecular complexity index is 436. The topological polar surface area (TPSA) is 55.2 Å². The number of hydrogen-bond donors (Lipinski definition) is 1. The summed E-state index contributed by atoms with van der Waals surface area (Å²) in [6.45, 7) is 5.45. The zero-order valence-corrected chi connectivity index (χ0v) is 14.4. The molecule has 0 bridgehead atoms. The van der Waals surface area contributed by atoms with Crippen molar-refractivity contribution < 1.29 is 4.92 Å². The summed E-state index contributed by atoms with van der Waals surface area (Å²) in [4.78, 5) is 10.4. The highest BCUT2D eigenvalue weighted by Crippen LogP contribution is 2.24. The summed E-state index contributed by atoms with van der Waals surface area (Å²) in [5.41, 5.74) is 1.13. The van der Waals surface area contributed by atoms with Crippen molar-refractivity contribution in [3.05, 3.63) is 31.9 Å². The van der Waals surface area contributed by atoms with Crippen molar-refractivity contribution >= 4 is 34.0 Å². The van der Waals surface area contributed by atoms with Crippen LogP contribution in [0, 0.1) is 19.6 Å². The van der Waals surface area contributed by atoms with Gasteiger partial charge in [-0.2, -0.15) is 0 Å². The van der Waals surface area contributed by atoms with Crippen LogP contribution in [-0.2, 0) is 0 Å². The van der Waals surface area contributed by atoms with Crippen molar-refractivity contribution in [2.24, 2.45) is 5.92 Å². The summed E-state index contributed by atoms with van der Waals surface area (Å²) in [6.07, 6.45) is 6.30. The van der Waals surface area contributed by atoms with E-state index < -0.39 is 0 Å². The Morgan fingerprint density at radius 1 is 1.25 bits per heavy atom. The van der Waals surface area contributed by atoms with Crippen molar-refractivity contribution in [2.45, 2.75) is 46.0 Å². The molecule has 112 valence electrons. The van der Waals surface area contributed by atoms with E-state index in [1.54, 1.807) is 12.1 Å². The van der Waals surface area contributed by atoms with Crippen LogP contribution in [0.5, 0.6) is 0 Å². The SMILES string of the molecule is CC(C)CCCCCCNc1ccc([N+](=O)[O-])c(I)c1. The van der Waals surface area contributed by atoms with Crippen LogP contribution in [0.25, 0.3) is 0 Å². The van der Waals surface area contributed by atoms with E-state index in [1.807, 2.05) is 28.7 Å². The van der Waals surface area contributed by atoms with Crippen LogP contribution in [-0.4, -0.2) is 11.5 Å². The minimum absolute atomic E-state index is 0.171. The summed E-state index contributed by atoms with van der Waals surface area (Å²) in [5.74, 6) is 0.801. The number of anilines is 1. The highest BCUT2D eigenvalue weighted by atomic mass is 127. The first-order valence-electron chi connectivity index (χ1n) is 7.18. The predicted octanol–water partition coefficient (Wildman–Crippen LogP) is 5.22. The lowest BCUT2D eigenvalue weighted by molar-refractivity contribution is -0.385. The lowest BCUT2D eigenvalue weighted by Gasteiger charge is -2.07. The molecule has 0 aliphatic rings. The lowest BCUT2D eigenvalue weighted by Crippen LogP contribution is -2.02. The van der Waals surface area contributed by atoms with Gasteiger partial charge in [0.05, 0.1) is 8.49 Å². The van der Waals surface area contributed by atoms with Crippen LogP contribution in [0.4, 0.5) is 11.4 Å². The van der Waals surface area contributed by atoms with Crippen LogP contribution < -0.4 is 5.32 Å². The number of halogens is 1. The first kappa shape index (κ1) is 17.2. The van der Waals surface area contributed by atoms with Gasteiger partial charge in [0.1, 0.15) is 0 Å². The third-order valence-corrected chi connectivity index (χ3v) is 4.05. The third-order valence-electron chi connectivity index (χ3n) is 3.18. The van der Waals surface area contributed by atoms with Gasteiger partial charge in [0.25, 0.3) is 5.69 Å². The van der Waals surface area contributed by atoms with E-state index >= 15 is 0 Å². The molecule has 0 radical (unpaired) electrons. The van der Waals surface area contributed by atoms with Crippen molar-refractivity contribution in [1.29, 1.82) is 0 Å². The molecule has 5 heteroatoms. The molecular formula is C15H23IN2O2. The highest BCUT2D eigenvalue weighted by Gasteiger charge is 2.10. The van der Waals surface area contributed by atoms with Gasteiger partial charge in [-0.1, -0.05) is 39.5 Å². The summed E-state index contributed by atoms with van der Waals surface area (Å²) < 4.78 is 0.675. The second kappa shape index (κ2) is 9.15. The van der Waals surface area contributed by atoms with Gasteiger partial charge in [-0.15, -0.1) is 0 Å². The van der Waals surface area contributed by atoms with Crippen LogP contribution >= 0.6 is 22.6 Å². The van der Waals surface area contributed by atoms with E-state index in [2.05, 4.69) is 19.2 Å². The molecule has 0 atom stereocenters. The molecule has 0 saturated carbocycles. The fourth-order valence-electron chi connectivity index (χ4n) is 2.03. The average Bonchev–Trinajstić information content (AvgIpc) is 2.37. The van der Waals surface area contributed by atoms with Gasteiger partial charge in [-0.25, -0.2) is 0 Å². The molecule has 0 amide bonds. The Balaban J connectivity index is 2.22. The number of nitrogens with one attached hydrogen (secondary N) is 1. The van der Waals surface area contributed by atoms with Crippen LogP contribution in [0.2, 0.25) is 0 Å². The molecular weight excluding hydrogens is 367 g/mol.